The molecule has 3 fully saturated rings. The van der Waals surface area contributed by atoms with E-state index < -0.39 is 12.0 Å². The molecule has 4 atom stereocenters. The van der Waals surface area contributed by atoms with E-state index in [4.69, 9.17) is 0 Å². The summed E-state index contributed by atoms with van der Waals surface area (Å²) in [6.07, 6.45) is 0.0346. The van der Waals surface area contributed by atoms with Gasteiger partial charge in [-0.05, 0) is 42.9 Å². The highest BCUT2D eigenvalue weighted by atomic mass is 19.4. The molecule has 21 heavy (non-hydrogen) atoms. The molecular formula is C15H18F3N3. The number of hydrogen-bond acceptors (Lipinski definition) is 2. The van der Waals surface area contributed by atoms with E-state index >= 15 is 0 Å². The molecule has 0 spiro atoms. The van der Waals surface area contributed by atoms with Crippen LogP contribution in [-0.2, 0) is 19.1 Å². The van der Waals surface area contributed by atoms with E-state index in [1.807, 2.05) is 0 Å². The Balaban J connectivity index is 1.61. The third-order valence-electron chi connectivity index (χ3n) is 6.17. The van der Waals surface area contributed by atoms with Gasteiger partial charge in [0.25, 0.3) is 0 Å². The van der Waals surface area contributed by atoms with Crippen LogP contribution in [0.2, 0.25) is 0 Å². The summed E-state index contributed by atoms with van der Waals surface area (Å²) in [4.78, 5) is 3.96. The maximum Gasteiger partial charge on any atom is 0.449 e. The SMILES string of the molecule is FC(F)(F)c1nc2c(n1C1C3C4CCC(C4)C31)CCNC2. The summed E-state index contributed by atoms with van der Waals surface area (Å²) >= 11 is 0. The highest BCUT2D eigenvalue weighted by molar-refractivity contribution is 5.28. The molecule has 0 radical (unpaired) electrons. The number of rotatable bonds is 1. The van der Waals surface area contributed by atoms with Crippen LogP contribution in [0, 0.1) is 23.7 Å². The van der Waals surface area contributed by atoms with E-state index in [0.717, 1.165) is 12.2 Å². The lowest BCUT2D eigenvalue weighted by Crippen LogP contribution is -2.25. The zero-order valence-corrected chi connectivity index (χ0v) is 11.7. The predicted octanol–water partition coefficient (Wildman–Crippen LogP) is 2.76. The van der Waals surface area contributed by atoms with Gasteiger partial charge in [-0.3, -0.25) is 0 Å². The van der Waals surface area contributed by atoms with Crippen molar-refractivity contribution in [2.75, 3.05) is 6.54 Å². The first kappa shape index (κ1) is 12.5. The summed E-state index contributed by atoms with van der Waals surface area (Å²) in [5, 5.41) is 3.13. The molecule has 3 saturated carbocycles. The van der Waals surface area contributed by atoms with Crippen molar-refractivity contribution in [3.63, 3.8) is 0 Å². The van der Waals surface area contributed by atoms with Gasteiger partial charge >= 0.3 is 6.18 Å². The number of halogens is 3. The molecule has 3 nitrogen and oxygen atoms in total. The second-order valence-corrected chi connectivity index (χ2v) is 7.10. The van der Waals surface area contributed by atoms with Crippen LogP contribution in [-0.4, -0.2) is 16.1 Å². The van der Waals surface area contributed by atoms with E-state index in [9.17, 15) is 13.2 Å². The third-order valence-corrected chi connectivity index (χ3v) is 6.17. The second-order valence-electron chi connectivity index (χ2n) is 7.10. The van der Waals surface area contributed by atoms with Crippen molar-refractivity contribution < 1.29 is 13.2 Å². The molecule has 1 aromatic heterocycles. The first-order valence-electron chi connectivity index (χ1n) is 7.93. The Bertz CT molecular complexity index is 590. The minimum absolute atomic E-state index is 0.0854. The third kappa shape index (κ3) is 1.57. The lowest BCUT2D eigenvalue weighted by molar-refractivity contribution is -0.147. The molecule has 0 aromatic carbocycles. The lowest BCUT2D eigenvalue weighted by Gasteiger charge is -2.19. The molecule has 6 heteroatoms. The normalized spacial score (nSPS) is 40.2. The van der Waals surface area contributed by atoms with Gasteiger partial charge in [0.2, 0.25) is 5.82 Å². The average Bonchev–Trinajstić information content (AvgIpc) is 2.82. The van der Waals surface area contributed by atoms with Crippen molar-refractivity contribution in [1.29, 1.82) is 0 Å². The van der Waals surface area contributed by atoms with Crippen molar-refractivity contribution in [3.05, 3.63) is 17.2 Å². The minimum atomic E-state index is -4.34. The number of nitrogens with one attached hydrogen (secondary N) is 1. The van der Waals surface area contributed by atoms with Crippen molar-refractivity contribution in [2.45, 2.75) is 44.4 Å². The van der Waals surface area contributed by atoms with Crippen LogP contribution < -0.4 is 5.32 Å². The fraction of sp³-hybridized carbons (Fsp3) is 0.800. The zero-order chi connectivity index (χ0) is 14.4. The molecular weight excluding hydrogens is 279 g/mol. The topological polar surface area (TPSA) is 29.9 Å². The van der Waals surface area contributed by atoms with Gasteiger partial charge in [0.15, 0.2) is 0 Å². The summed E-state index contributed by atoms with van der Waals surface area (Å²) in [5.41, 5.74) is 1.46. The number of aromatic nitrogens is 2. The number of imidazole rings is 1. The van der Waals surface area contributed by atoms with Crippen molar-refractivity contribution in [3.8, 4) is 0 Å². The van der Waals surface area contributed by atoms with Gasteiger partial charge in [0, 0.05) is 31.2 Å². The smallest absolute Gasteiger partial charge is 0.320 e. The summed E-state index contributed by atoms with van der Waals surface area (Å²) in [6, 6.07) is 0.0854. The van der Waals surface area contributed by atoms with Crippen LogP contribution in [0.25, 0.3) is 0 Å². The lowest BCUT2D eigenvalue weighted by atomic mass is 10.0. The maximum absolute atomic E-state index is 13.4. The van der Waals surface area contributed by atoms with Gasteiger partial charge in [-0.15, -0.1) is 0 Å². The van der Waals surface area contributed by atoms with Gasteiger partial charge < -0.3 is 9.88 Å². The second kappa shape index (κ2) is 3.83. The number of alkyl halides is 3. The Kier molecular flexibility index (Phi) is 2.28. The van der Waals surface area contributed by atoms with Crippen LogP contribution in [0.4, 0.5) is 13.2 Å². The van der Waals surface area contributed by atoms with Crippen LogP contribution in [0.3, 0.4) is 0 Å². The number of fused-ring (bicyclic) bond motifs is 6. The van der Waals surface area contributed by atoms with E-state index in [1.165, 1.54) is 19.3 Å². The van der Waals surface area contributed by atoms with Gasteiger partial charge in [0.1, 0.15) is 0 Å². The van der Waals surface area contributed by atoms with Crippen molar-refractivity contribution >= 4 is 0 Å². The molecule has 1 aliphatic heterocycles. The van der Waals surface area contributed by atoms with E-state index in [2.05, 4.69) is 10.3 Å². The van der Waals surface area contributed by atoms with Gasteiger partial charge in [-0.1, -0.05) is 0 Å². The van der Waals surface area contributed by atoms with Crippen LogP contribution in [0.15, 0.2) is 0 Å². The monoisotopic (exact) mass is 297 g/mol. The summed E-state index contributed by atoms with van der Waals surface area (Å²) < 4.78 is 41.8. The fourth-order valence-electron chi connectivity index (χ4n) is 5.48. The van der Waals surface area contributed by atoms with E-state index in [1.54, 1.807) is 4.57 Å². The molecule has 3 aliphatic carbocycles. The molecule has 5 rings (SSSR count). The first-order chi connectivity index (χ1) is 10.1. The Labute approximate surface area is 120 Å². The zero-order valence-electron chi connectivity index (χ0n) is 11.7. The Morgan fingerprint density at radius 3 is 2.52 bits per heavy atom. The predicted molar refractivity (Wildman–Crippen MR) is 69.5 cm³/mol. The fourth-order valence-corrected chi connectivity index (χ4v) is 5.48. The highest BCUT2D eigenvalue weighted by Gasteiger charge is 2.67. The molecule has 0 saturated heterocycles. The molecule has 4 aliphatic rings. The molecule has 4 unspecified atom stereocenters. The van der Waals surface area contributed by atoms with Gasteiger partial charge in [0.05, 0.1) is 5.69 Å². The largest absolute Gasteiger partial charge is 0.449 e. The number of hydrogen-bond donors (Lipinski definition) is 1. The summed E-state index contributed by atoms with van der Waals surface area (Å²) in [6.45, 7) is 1.23. The van der Waals surface area contributed by atoms with Gasteiger partial charge in [-0.25, -0.2) is 4.98 Å². The first-order valence-corrected chi connectivity index (χ1v) is 7.93. The van der Waals surface area contributed by atoms with Crippen LogP contribution in [0.5, 0.6) is 0 Å². The molecule has 2 heterocycles. The van der Waals surface area contributed by atoms with Crippen molar-refractivity contribution in [1.82, 2.24) is 14.9 Å². The summed E-state index contributed by atoms with van der Waals surface area (Å²) in [7, 11) is 0. The molecule has 2 bridgehead atoms. The summed E-state index contributed by atoms with van der Waals surface area (Å²) in [5.74, 6) is 1.70. The van der Waals surface area contributed by atoms with Crippen LogP contribution in [0.1, 0.15) is 42.5 Å². The average molecular weight is 297 g/mol. The van der Waals surface area contributed by atoms with Crippen LogP contribution >= 0.6 is 0 Å². The molecule has 114 valence electrons. The number of nitrogens with zero attached hydrogens (tertiary/aromatic N) is 2. The quantitative estimate of drug-likeness (QED) is 0.864. The van der Waals surface area contributed by atoms with E-state index in [0.29, 0.717) is 42.3 Å². The van der Waals surface area contributed by atoms with Crippen molar-refractivity contribution in [2.24, 2.45) is 23.7 Å². The maximum atomic E-state index is 13.4. The Morgan fingerprint density at radius 1 is 1.14 bits per heavy atom. The Hall–Kier alpha value is -1.04. The highest BCUT2D eigenvalue weighted by Crippen LogP contribution is 2.72. The standard InChI is InChI=1S/C15H18F3N3/c16-15(17,18)14-20-9-6-19-4-3-10(9)21(14)13-11-7-1-2-8(5-7)12(11)13/h7-8,11-13,19H,1-6H2. The molecule has 0 amide bonds. The van der Waals surface area contributed by atoms with E-state index in [-0.39, 0.29) is 6.04 Å². The Morgan fingerprint density at radius 2 is 1.86 bits per heavy atom. The molecule has 1 aromatic rings. The van der Waals surface area contributed by atoms with Gasteiger partial charge in [-0.2, -0.15) is 13.2 Å². The minimum Gasteiger partial charge on any atom is -0.320 e. The molecule has 1 N–H and O–H groups in total.